The molecular formula is C12H13FN2O2S. The van der Waals surface area contributed by atoms with Crippen LogP contribution in [0.25, 0.3) is 0 Å². The number of aliphatic imine (C=N–C) groups is 1. The van der Waals surface area contributed by atoms with Crippen LogP contribution in [0.3, 0.4) is 0 Å². The second-order valence-corrected chi connectivity index (χ2v) is 5.03. The van der Waals surface area contributed by atoms with Gasteiger partial charge in [0, 0.05) is 23.4 Å². The van der Waals surface area contributed by atoms with Crippen molar-refractivity contribution in [3.05, 3.63) is 29.1 Å². The molecular weight excluding hydrogens is 255 g/mol. The molecule has 0 saturated heterocycles. The third-order valence-corrected chi connectivity index (χ3v) is 3.76. The molecule has 6 heteroatoms. The summed E-state index contributed by atoms with van der Waals surface area (Å²) in [4.78, 5) is 4.29. The summed E-state index contributed by atoms with van der Waals surface area (Å²) in [6.45, 7) is 2.33. The van der Waals surface area contributed by atoms with Gasteiger partial charge in [0.2, 0.25) is 0 Å². The fraction of sp³-hybridized carbons (Fsp3) is 0.417. The molecule has 1 aromatic rings. The molecule has 4 nitrogen and oxygen atoms in total. The van der Waals surface area contributed by atoms with Crippen molar-refractivity contribution in [3.8, 4) is 5.75 Å². The Morgan fingerprint density at radius 1 is 1.44 bits per heavy atom. The summed E-state index contributed by atoms with van der Waals surface area (Å²) in [7, 11) is 0. The van der Waals surface area contributed by atoms with Crippen molar-refractivity contribution in [3.63, 3.8) is 0 Å². The number of rotatable bonds is 2. The Morgan fingerprint density at radius 2 is 2.39 bits per heavy atom. The van der Waals surface area contributed by atoms with Gasteiger partial charge in [-0.2, -0.15) is 0 Å². The lowest BCUT2D eigenvalue weighted by Crippen LogP contribution is -2.16. The van der Waals surface area contributed by atoms with Crippen molar-refractivity contribution in [2.24, 2.45) is 4.99 Å². The molecule has 3 rings (SSSR count). The zero-order valence-corrected chi connectivity index (χ0v) is 10.6. The first kappa shape index (κ1) is 11.8. The second-order valence-electron chi connectivity index (χ2n) is 4.07. The summed E-state index contributed by atoms with van der Waals surface area (Å²) in [6, 6.07) is 2.99. The zero-order valence-electron chi connectivity index (χ0n) is 9.74. The molecule has 0 fully saturated rings. The van der Waals surface area contributed by atoms with Gasteiger partial charge in [0.05, 0.1) is 13.2 Å². The number of hydrogen-bond acceptors (Lipinski definition) is 5. The highest BCUT2D eigenvalue weighted by Crippen LogP contribution is 2.32. The maximum Gasteiger partial charge on any atom is 0.189 e. The number of thioether (sulfide) groups is 1. The van der Waals surface area contributed by atoms with Crippen LogP contribution in [-0.2, 0) is 17.1 Å². The van der Waals surface area contributed by atoms with E-state index in [1.807, 2.05) is 0 Å². The van der Waals surface area contributed by atoms with Crippen molar-refractivity contribution in [1.29, 1.82) is 0 Å². The van der Waals surface area contributed by atoms with Crippen molar-refractivity contribution in [2.45, 2.75) is 12.4 Å². The molecule has 0 unspecified atom stereocenters. The highest BCUT2D eigenvalue weighted by Gasteiger charge is 2.17. The first-order valence-electron chi connectivity index (χ1n) is 5.76. The number of fused-ring (bicyclic) bond motifs is 1. The van der Waals surface area contributed by atoms with Gasteiger partial charge in [-0.05, 0) is 12.1 Å². The average Bonchev–Trinajstić information content (AvgIpc) is 2.89. The summed E-state index contributed by atoms with van der Waals surface area (Å²) in [5, 5.41) is 4.09. The van der Waals surface area contributed by atoms with Crippen LogP contribution in [0.15, 0.2) is 17.1 Å². The predicted molar refractivity (Wildman–Crippen MR) is 68.3 cm³/mol. The number of hydrogen-bond donors (Lipinski definition) is 1. The Morgan fingerprint density at radius 3 is 3.22 bits per heavy atom. The molecule has 2 heterocycles. The van der Waals surface area contributed by atoms with Gasteiger partial charge in [-0.25, -0.2) is 4.39 Å². The van der Waals surface area contributed by atoms with Crippen molar-refractivity contribution in [1.82, 2.24) is 5.32 Å². The standard InChI is InChI=1S/C12H13FN2O2S/c13-10-3-8-5-16-7-17-11(8)9(4-10)6-18-12-14-1-2-15-12/h3-4H,1-2,5-7H2,(H,14,15). The van der Waals surface area contributed by atoms with Crippen LogP contribution in [0.1, 0.15) is 11.1 Å². The smallest absolute Gasteiger partial charge is 0.189 e. The number of ether oxygens (including phenoxy) is 2. The minimum Gasteiger partial charge on any atom is -0.467 e. The molecule has 0 aromatic heterocycles. The largest absolute Gasteiger partial charge is 0.467 e. The van der Waals surface area contributed by atoms with Gasteiger partial charge in [0.1, 0.15) is 11.6 Å². The number of halogens is 1. The fourth-order valence-electron chi connectivity index (χ4n) is 1.98. The molecule has 0 bridgehead atoms. The van der Waals surface area contributed by atoms with Gasteiger partial charge in [-0.1, -0.05) is 11.8 Å². The topological polar surface area (TPSA) is 42.9 Å². The molecule has 0 aliphatic carbocycles. The SMILES string of the molecule is Fc1cc2c(c(CSC3=NCCN3)c1)OCOC2. The van der Waals surface area contributed by atoms with Crippen LogP contribution >= 0.6 is 11.8 Å². The molecule has 0 amide bonds. The van der Waals surface area contributed by atoms with E-state index in [4.69, 9.17) is 9.47 Å². The summed E-state index contributed by atoms with van der Waals surface area (Å²) < 4.78 is 24.1. The lowest BCUT2D eigenvalue weighted by Gasteiger charge is -2.20. The summed E-state index contributed by atoms with van der Waals surface area (Å²) >= 11 is 1.57. The Bertz CT molecular complexity index is 493. The van der Waals surface area contributed by atoms with Crippen LogP contribution < -0.4 is 10.1 Å². The summed E-state index contributed by atoms with van der Waals surface area (Å²) in [5.41, 5.74) is 1.63. The van der Waals surface area contributed by atoms with Crippen LogP contribution in [0.5, 0.6) is 5.75 Å². The molecule has 1 aromatic carbocycles. The van der Waals surface area contributed by atoms with E-state index in [2.05, 4.69) is 10.3 Å². The highest BCUT2D eigenvalue weighted by atomic mass is 32.2. The first-order valence-corrected chi connectivity index (χ1v) is 6.74. The quantitative estimate of drug-likeness (QED) is 0.889. The van der Waals surface area contributed by atoms with Gasteiger partial charge >= 0.3 is 0 Å². The fourth-order valence-corrected chi connectivity index (χ4v) is 2.88. The van der Waals surface area contributed by atoms with Crippen LogP contribution in [0, 0.1) is 5.82 Å². The van der Waals surface area contributed by atoms with Crippen molar-refractivity contribution < 1.29 is 13.9 Å². The van der Waals surface area contributed by atoms with Gasteiger partial charge in [0.15, 0.2) is 12.0 Å². The second kappa shape index (κ2) is 5.16. The third-order valence-electron chi connectivity index (χ3n) is 2.76. The zero-order chi connectivity index (χ0) is 12.4. The molecule has 1 N–H and O–H groups in total. The van der Waals surface area contributed by atoms with Crippen molar-refractivity contribution in [2.75, 3.05) is 19.9 Å². The molecule has 96 valence electrons. The van der Waals surface area contributed by atoms with Crippen molar-refractivity contribution >= 4 is 16.9 Å². The van der Waals surface area contributed by atoms with E-state index in [-0.39, 0.29) is 12.6 Å². The molecule has 0 atom stereocenters. The third kappa shape index (κ3) is 2.44. The maximum absolute atomic E-state index is 13.5. The predicted octanol–water partition coefficient (Wildman–Crippen LogP) is 1.88. The van der Waals surface area contributed by atoms with E-state index in [0.29, 0.717) is 12.4 Å². The minimum absolute atomic E-state index is 0.232. The van der Waals surface area contributed by atoms with E-state index in [1.54, 1.807) is 11.8 Å². The lowest BCUT2D eigenvalue weighted by atomic mass is 10.1. The Kier molecular flexibility index (Phi) is 3.38. The molecule has 0 radical (unpaired) electrons. The summed E-state index contributed by atoms with van der Waals surface area (Å²) in [5.74, 6) is 1.15. The summed E-state index contributed by atoms with van der Waals surface area (Å²) in [6.07, 6.45) is 0. The minimum atomic E-state index is -0.250. The van der Waals surface area contributed by atoms with Crippen LogP contribution in [0.2, 0.25) is 0 Å². The molecule has 0 spiro atoms. The van der Waals surface area contributed by atoms with E-state index in [9.17, 15) is 4.39 Å². The lowest BCUT2D eigenvalue weighted by molar-refractivity contribution is -0.0171. The Balaban J connectivity index is 1.79. The van der Waals surface area contributed by atoms with E-state index < -0.39 is 0 Å². The maximum atomic E-state index is 13.5. The van der Waals surface area contributed by atoms with E-state index in [1.165, 1.54) is 12.1 Å². The monoisotopic (exact) mass is 268 g/mol. The van der Waals surface area contributed by atoms with Gasteiger partial charge < -0.3 is 14.8 Å². The Hall–Kier alpha value is -1.27. The number of amidine groups is 1. The number of nitrogens with one attached hydrogen (secondary N) is 1. The molecule has 2 aliphatic heterocycles. The molecule has 2 aliphatic rings. The van der Waals surface area contributed by atoms with E-state index >= 15 is 0 Å². The number of benzene rings is 1. The normalized spacial score (nSPS) is 17.7. The first-order chi connectivity index (χ1) is 8.83. The Labute approximate surface area is 109 Å². The molecule has 18 heavy (non-hydrogen) atoms. The van der Waals surface area contributed by atoms with Gasteiger partial charge in [0.25, 0.3) is 0 Å². The van der Waals surface area contributed by atoms with Gasteiger partial charge in [-0.3, -0.25) is 4.99 Å². The van der Waals surface area contributed by atoms with Crippen LogP contribution in [-0.4, -0.2) is 25.1 Å². The van der Waals surface area contributed by atoms with E-state index in [0.717, 1.165) is 35.1 Å². The average molecular weight is 268 g/mol. The highest BCUT2D eigenvalue weighted by molar-refractivity contribution is 8.13. The van der Waals surface area contributed by atoms with Gasteiger partial charge in [-0.15, -0.1) is 0 Å². The number of nitrogens with zero attached hydrogens (tertiary/aromatic N) is 1. The molecule has 0 saturated carbocycles. The van der Waals surface area contributed by atoms with Crippen LogP contribution in [0.4, 0.5) is 4.39 Å².